The van der Waals surface area contributed by atoms with E-state index in [-0.39, 0.29) is 24.2 Å². The van der Waals surface area contributed by atoms with Crippen LogP contribution in [0.25, 0.3) is 11.3 Å². The van der Waals surface area contributed by atoms with Crippen molar-refractivity contribution in [3.8, 4) is 11.3 Å². The topological polar surface area (TPSA) is 113 Å². The first-order chi connectivity index (χ1) is 16.2. The average Bonchev–Trinajstić information content (AvgIpc) is 3.36. The van der Waals surface area contributed by atoms with Crippen LogP contribution in [0.15, 0.2) is 41.6 Å². The van der Waals surface area contributed by atoms with Crippen molar-refractivity contribution in [3.63, 3.8) is 0 Å². The summed E-state index contributed by atoms with van der Waals surface area (Å²) in [6.07, 6.45) is -1.15. The molecule has 3 rings (SSSR count). The second-order valence-corrected chi connectivity index (χ2v) is 8.73. The van der Waals surface area contributed by atoms with E-state index in [0.29, 0.717) is 15.8 Å². The van der Waals surface area contributed by atoms with E-state index in [0.717, 1.165) is 16.9 Å². The van der Waals surface area contributed by atoms with Crippen LogP contribution in [-0.4, -0.2) is 41.6 Å². The fourth-order valence-electron chi connectivity index (χ4n) is 3.43. The molecule has 0 bridgehead atoms. The predicted molar refractivity (Wildman–Crippen MR) is 115 cm³/mol. The highest BCUT2D eigenvalue weighted by atomic mass is 19.4. The number of carbonyl (C=O) groups excluding carboxylic acids is 1. The number of nitrogens with two attached hydrogens (primary N) is 1. The Morgan fingerprint density at radius 1 is 1.20 bits per heavy atom. The third kappa shape index (κ3) is 6.32. The Kier molecular flexibility index (Phi) is 7.15. The van der Waals surface area contributed by atoms with E-state index in [2.05, 4.69) is 15.5 Å². The van der Waals surface area contributed by atoms with Gasteiger partial charge in [0.1, 0.15) is 0 Å². The van der Waals surface area contributed by atoms with Crippen molar-refractivity contribution in [2.75, 3.05) is 0 Å². The summed E-state index contributed by atoms with van der Waals surface area (Å²) in [6.45, 7) is 0.158. The summed E-state index contributed by atoms with van der Waals surface area (Å²) >= 11 is 0. The molecular formula is C21H24F5N7O2. The number of amides is 1. The van der Waals surface area contributed by atoms with Gasteiger partial charge in [-0.3, -0.25) is 14.3 Å². The van der Waals surface area contributed by atoms with E-state index in [1.54, 1.807) is 13.8 Å². The fraction of sp³-hybridized carbons (Fsp3) is 0.429. The van der Waals surface area contributed by atoms with E-state index in [9.17, 15) is 31.5 Å². The van der Waals surface area contributed by atoms with Gasteiger partial charge in [0.05, 0.1) is 30.0 Å². The van der Waals surface area contributed by atoms with Gasteiger partial charge in [-0.2, -0.15) is 32.1 Å². The Morgan fingerprint density at radius 2 is 1.89 bits per heavy atom. The number of hydrogen-bond acceptors (Lipinski definition) is 5. The molecule has 9 nitrogen and oxygen atoms in total. The molecule has 3 N–H and O–H groups in total. The molecule has 3 aromatic rings. The van der Waals surface area contributed by atoms with Crippen LogP contribution in [-0.2, 0) is 31.0 Å². The lowest BCUT2D eigenvalue weighted by Gasteiger charge is -2.28. The second-order valence-electron chi connectivity index (χ2n) is 8.73. The Hall–Kier alpha value is -3.55. The maximum atomic E-state index is 13.4. The summed E-state index contributed by atoms with van der Waals surface area (Å²) < 4.78 is 68.2. The number of nitrogens with one attached hydrogen (secondary N) is 1. The molecule has 0 fully saturated rings. The Bertz CT molecular complexity index is 1260. The second kappa shape index (κ2) is 9.60. The molecule has 0 aliphatic heterocycles. The highest BCUT2D eigenvalue weighted by Crippen LogP contribution is 2.32. The molecular weight excluding hydrogens is 477 g/mol. The Morgan fingerprint density at radius 3 is 2.46 bits per heavy atom. The van der Waals surface area contributed by atoms with Crippen LogP contribution in [0.5, 0.6) is 0 Å². The van der Waals surface area contributed by atoms with Gasteiger partial charge in [-0.15, -0.1) is 0 Å². The fourth-order valence-corrected chi connectivity index (χ4v) is 3.43. The zero-order valence-electron chi connectivity index (χ0n) is 19.1. The van der Waals surface area contributed by atoms with Crippen molar-refractivity contribution in [1.82, 2.24) is 29.4 Å². The summed E-state index contributed by atoms with van der Waals surface area (Å²) in [5.41, 5.74) is 4.08. The zero-order valence-corrected chi connectivity index (χ0v) is 19.1. The molecule has 0 radical (unpaired) electrons. The first-order valence-electron chi connectivity index (χ1n) is 10.4. The third-order valence-corrected chi connectivity index (χ3v) is 5.11. The van der Waals surface area contributed by atoms with Gasteiger partial charge < -0.3 is 15.6 Å². The van der Waals surface area contributed by atoms with Crippen molar-refractivity contribution in [3.05, 3.63) is 58.4 Å². The smallest absolute Gasteiger partial charge is 0.348 e. The van der Waals surface area contributed by atoms with Crippen LogP contribution in [0.4, 0.5) is 22.0 Å². The summed E-state index contributed by atoms with van der Waals surface area (Å²) in [6, 6.07) is 2.36. The van der Waals surface area contributed by atoms with Gasteiger partial charge in [-0.1, -0.05) is 0 Å². The van der Waals surface area contributed by atoms with E-state index < -0.39 is 35.9 Å². The number of aryl methyl sites for hydroxylation is 1. The van der Waals surface area contributed by atoms with Crippen LogP contribution in [0.3, 0.4) is 0 Å². The van der Waals surface area contributed by atoms with Crippen molar-refractivity contribution in [2.45, 2.75) is 51.1 Å². The largest absolute Gasteiger partial charge is 0.435 e. The molecule has 1 atom stereocenters. The third-order valence-electron chi connectivity index (χ3n) is 5.11. The number of nitrogens with zero attached hydrogens (tertiary/aromatic N) is 5. The molecule has 14 heteroatoms. The number of hydrogen-bond donors (Lipinski definition) is 2. The molecule has 0 spiro atoms. The van der Waals surface area contributed by atoms with Crippen LogP contribution in [0, 0.1) is 0 Å². The summed E-state index contributed by atoms with van der Waals surface area (Å²) in [4.78, 5) is 24.3. The van der Waals surface area contributed by atoms with E-state index in [1.165, 1.54) is 36.1 Å². The lowest BCUT2D eigenvalue weighted by molar-refractivity contribution is -0.141. The first-order valence-corrected chi connectivity index (χ1v) is 10.4. The van der Waals surface area contributed by atoms with E-state index in [4.69, 9.17) is 5.73 Å². The molecule has 0 aliphatic rings. The van der Waals surface area contributed by atoms with Gasteiger partial charge >= 0.3 is 12.7 Å². The van der Waals surface area contributed by atoms with Crippen LogP contribution >= 0.6 is 0 Å². The lowest BCUT2D eigenvalue weighted by Crippen LogP contribution is -2.53. The molecule has 35 heavy (non-hydrogen) atoms. The van der Waals surface area contributed by atoms with Crippen molar-refractivity contribution >= 4 is 5.91 Å². The van der Waals surface area contributed by atoms with Gasteiger partial charge in [0.15, 0.2) is 5.69 Å². The number of aromatic nitrogens is 5. The van der Waals surface area contributed by atoms with E-state index >= 15 is 0 Å². The summed E-state index contributed by atoms with van der Waals surface area (Å²) in [5, 5.41) is 9.82. The predicted octanol–water partition coefficient (Wildman–Crippen LogP) is 2.32. The van der Waals surface area contributed by atoms with Gasteiger partial charge in [-0.05, 0) is 38.0 Å². The first kappa shape index (κ1) is 26.1. The number of rotatable bonds is 8. The van der Waals surface area contributed by atoms with E-state index in [1.807, 2.05) is 0 Å². The minimum Gasteiger partial charge on any atom is -0.348 e. The summed E-state index contributed by atoms with van der Waals surface area (Å²) in [7, 11) is 1.47. The number of carbonyl (C=O) groups is 1. The molecule has 0 aliphatic carbocycles. The van der Waals surface area contributed by atoms with Crippen LogP contribution < -0.4 is 16.6 Å². The quantitative estimate of drug-likeness (QED) is 0.460. The van der Waals surface area contributed by atoms with Gasteiger partial charge in [0.2, 0.25) is 11.5 Å². The molecule has 3 heterocycles. The van der Waals surface area contributed by atoms with Gasteiger partial charge in [0, 0.05) is 31.1 Å². The number of alkyl halides is 5. The highest BCUT2D eigenvalue weighted by Gasteiger charge is 2.36. The standard InChI is InChI=1S/C21H24F5N7O2/c1-20(2,29-18(35)14(27)6-12-8-28-32(9-12)19(22)23)11-33-15(7-16(30-33)21(24,25)26)13-4-5-17(34)31(3)10-13/h4-5,7-10,14,19H,6,11,27H2,1-3H3,(H,29,35)/t14-/m1/s1. The molecule has 0 unspecified atom stereocenters. The average molecular weight is 501 g/mol. The summed E-state index contributed by atoms with van der Waals surface area (Å²) in [5.74, 6) is -0.633. The number of pyridine rings is 1. The molecule has 1 amide bonds. The molecule has 0 saturated carbocycles. The molecule has 190 valence electrons. The highest BCUT2D eigenvalue weighted by molar-refractivity contribution is 5.82. The minimum absolute atomic E-state index is 0.0715. The Labute approximate surface area is 196 Å². The lowest BCUT2D eigenvalue weighted by atomic mass is 10.0. The Balaban J connectivity index is 1.80. The van der Waals surface area contributed by atoms with Crippen molar-refractivity contribution < 1.29 is 26.7 Å². The number of halogens is 5. The molecule has 3 aromatic heterocycles. The monoisotopic (exact) mass is 501 g/mol. The van der Waals surface area contributed by atoms with Gasteiger partial charge in [0.25, 0.3) is 0 Å². The van der Waals surface area contributed by atoms with Crippen molar-refractivity contribution in [1.29, 1.82) is 0 Å². The maximum Gasteiger partial charge on any atom is 0.435 e. The molecule has 0 saturated heterocycles. The minimum atomic E-state index is -4.71. The van der Waals surface area contributed by atoms with Crippen LogP contribution in [0.1, 0.15) is 31.7 Å². The van der Waals surface area contributed by atoms with Crippen molar-refractivity contribution in [2.24, 2.45) is 12.8 Å². The van der Waals surface area contributed by atoms with Gasteiger partial charge in [-0.25, -0.2) is 4.68 Å². The van der Waals surface area contributed by atoms with Crippen LogP contribution in [0.2, 0.25) is 0 Å². The SMILES string of the molecule is Cn1cc(-c2cc(C(F)(F)F)nn2CC(C)(C)NC(=O)[C@H](N)Cc2cnn(C(F)F)c2)ccc1=O. The molecule has 0 aromatic carbocycles. The normalized spacial score (nSPS) is 13.3. The zero-order chi connectivity index (χ0) is 26.1. The maximum absolute atomic E-state index is 13.4.